The zero-order chi connectivity index (χ0) is 22.3. The minimum atomic E-state index is -1.69. The lowest BCUT2D eigenvalue weighted by molar-refractivity contribution is 0.0837. The lowest BCUT2D eigenvalue weighted by Gasteiger charge is -2.44. The van der Waals surface area contributed by atoms with Crippen molar-refractivity contribution in [3.63, 3.8) is 0 Å². The minimum absolute atomic E-state index is 0.151. The van der Waals surface area contributed by atoms with Crippen LogP contribution >= 0.6 is 0 Å². The largest absolute Gasteiger partial charge is 0.273 e. The molecule has 4 heteroatoms. The van der Waals surface area contributed by atoms with E-state index in [-0.39, 0.29) is 5.91 Å². The van der Waals surface area contributed by atoms with Crippen molar-refractivity contribution in [1.29, 1.82) is 0 Å². The molecule has 0 N–H and O–H groups in total. The third kappa shape index (κ3) is 2.86. The van der Waals surface area contributed by atoms with E-state index in [9.17, 15) is 4.79 Å². The summed E-state index contributed by atoms with van der Waals surface area (Å²) in [5, 5.41) is 0. The van der Waals surface area contributed by atoms with Crippen LogP contribution in [-0.2, 0) is 5.41 Å². The monoisotopic (exact) mass is 438 g/mol. The molecule has 0 saturated carbocycles. The van der Waals surface area contributed by atoms with Gasteiger partial charge in [0.05, 0.1) is 24.5 Å². The first-order valence-electron chi connectivity index (χ1n) is 11.8. The van der Waals surface area contributed by atoms with Crippen LogP contribution in [0.1, 0.15) is 36.7 Å². The number of rotatable bonds is 6. The summed E-state index contributed by atoms with van der Waals surface area (Å²) in [7, 11) is -1.69. The van der Waals surface area contributed by atoms with Crippen LogP contribution in [0, 0.1) is 0 Å². The van der Waals surface area contributed by atoms with Crippen molar-refractivity contribution in [2.24, 2.45) is 0 Å². The highest BCUT2D eigenvalue weighted by atomic mass is 28.3. The van der Waals surface area contributed by atoms with Crippen LogP contribution in [0.4, 0.5) is 0 Å². The zero-order valence-corrected chi connectivity index (χ0v) is 20.1. The second kappa shape index (κ2) is 7.86. The van der Waals surface area contributed by atoms with Crippen LogP contribution < -0.4 is 0 Å². The molecule has 0 bridgehead atoms. The summed E-state index contributed by atoms with van der Waals surface area (Å²) in [4.78, 5) is 19.7. The third-order valence-electron chi connectivity index (χ3n) is 7.91. The molecule has 0 radical (unpaired) electrons. The molecule has 0 saturated heterocycles. The van der Waals surface area contributed by atoms with E-state index in [0.717, 1.165) is 39.6 Å². The molecule has 0 aliphatic carbocycles. The van der Waals surface area contributed by atoms with Crippen LogP contribution in [0.15, 0.2) is 78.9 Å². The van der Waals surface area contributed by atoms with Gasteiger partial charge in [0.2, 0.25) is 5.91 Å². The Labute approximate surface area is 191 Å². The van der Waals surface area contributed by atoms with Gasteiger partial charge in [0.1, 0.15) is 5.82 Å². The lowest BCUT2D eigenvalue weighted by Crippen LogP contribution is -2.50. The average molecular weight is 439 g/mol. The summed E-state index contributed by atoms with van der Waals surface area (Å²) < 4.78 is 1.91. The maximum Gasteiger partial charge on any atom is 0.247 e. The number of aromatic nitrogens is 2. The normalized spacial score (nSPS) is 17.9. The predicted molar refractivity (Wildman–Crippen MR) is 135 cm³/mol. The summed E-state index contributed by atoms with van der Waals surface area (Å²) in [5.74, 6) is 0.924. The number of hydrogen-bond donors (Lipinski definition) is 0. The maximum absolute atomic E-state index is 14.7. The van der Waals surface area contributed by atoms with Gasteiger partial charge in [-0.05, 0) is 29.3 Å². The topological polar surface area (TPSA) is 34.9 Å². The molecule has 1 aliphatic rings. The number of benzene rings is 3. The van der Waals surface area contributed by atoms with Gasteiger partial charge in [-0.15, -0.1) is 0 Å². The summed E-state index contributed by atoms with van der Waals surface area (Å²) >= 11 is 0. The number of hydrogen-bond acceptors (Lipinski definition) is 2. The Balaban J connectivity index is 1.89. The molecule has 3 nitrogen and oxygen atoms in total. The smallest absolute Gasteiger partial charge is 0.247 e. The number of nitrogens with zero attached hydrogens (tertiary/aromatic N) is 2. The van der Waals surface area contributed by atoms with Crippen molar-refractivity contribution in [3.8, 4) is 11.4 Å². The Bertz CT molecular complexity index is 1280. The third-order valence-corrected chi connectivity index (χ3v) is 13.7. The average Bonchev–Trinajstić information content (AvgIpc) is 3.25. The van der Waals surface area contributed by atoms with Gasteiger partial charge in [-0.2, -0.15) is 0 Å². The molecule has 32 heavy (non-hydrogen) atoms. The van der Waals surface area contributed by atoms with Crippen molar-refractivity contribution >= 4 is 25.0 Å². The summed E-state index contributed by atoms with van der Waals surface area (Å²) in [6.45, 7) is 6.99. The number of para-hydroxylation sites is 2. The summed E-state index contributed by atoms with van der Waals surface area (Å²) in [6, 6.07) is 31.4. The van der Waals surface area contributed by atoms with Crippen LogP contribution in [0.3, 0.4) is 0 Å². The molecular formula is C28H30N2OSi. The van der Waals surface area contributed by atoms with Gasteiger partial charge < -0.3 is 0 Å². The summed E-state index contributed by atoms with van der Waals surface area (Å²) in [5.41, 5.74) is 4.39. The lowest BCUT2D eigenvalue weighted by atomic mass is 9.71. The molecule has 1 aliphatic heterocycles. The van der Waals surface area contributed by atoms with Crippen LogP contribution in [0.5, 0.6) is 0 Å². The first-order valence-corrected chi connectivity index (χ1v) is 14.6. The van der Waals surface area contributed by atoms with E-state index in [4.69, 9.17) is 4.98 Å². The van der Waals surface area contributed by atoms with Gasteiger partial charge in [-0.3, -0.25) is 9.36 Å². The van der Waals surface area contributed by atoms with Crippen molar-refractivity contribution in [2.45, 2.75) is 50.4 Å². The van der Waals surface area contributed by atoms with E-state index in [1.807, 2.05) is 34.9 Å². The quantitative estimate of drug-likeness (QED) is 0.300. The Hall–Kier alpha value is -2.98. The van der Waals surface area contributed by atoms with Gasteiger partial charge >= 0.3 is 0 Å². The molecule has 3 aromatic carbocycles. The Morgan fingerprint density at radius 3 is 2.16 bits per heavy atom. The molecule has 0 spiro atoms. The molecule has 1 atom stereocenters. The van der Waals surface area contributed by atoms with E-state index in [2.05, 4.69) is 69.3 Å². The maximum atomic E-state index is 14.7. The van der Waals surface area contributed by atoms with Crippen molar-refractivity contribution in [2.75, 3.05) is 0 Å². The number of carbonyl (C=O) groups excluding carboxylic acids is 1. The van der Waals surface area contributed by atoms with Gasteiger partial charge in [-0.25, -0.2) is 4.98 Å². The standard InChI is InChI=1S/C28H30N2OSi/c1-4-32(5-2,6-3)20-28(21-14-8-7-9-15-21)23-17-11-10-16-22(23)26-29-24-18-12-13-19-25(24)30(26)27(28)31/h7-19H,4-6,20H2,1-3H3. The highest BCUT2D eigenvalue weighted by Gasteiger charge is 2.52. The minimum Gasteiger partial charge on any atom is -0.273 e. The highest BCUT2D eigenvalue weighted by Crippen LogP contribution is 2.50. The predicted octanol–water partition coefficient (Wildman–Crippen LogP) is 7.15. The molecule has 162 valence electrons. The molecule has 5 rings (SSSR count). The van der Waals surface area contributed by atoms with E-state index < -0.39 is 13.5 Å². The number of carbonyl (C=O) groups is 1. The molecule has 0 amide bonds. The molecular weight excluding hydrogens is 408 g/mol. The van der Waals surface area contributed by atoms with E-state index in [1.54, 1.807) is 0 Å². The number of fused-ring (bicyclic) bond motifs is 5. The Kier molecular flexibility index (Phi) is 5.13. The van der Waals surface area contributed by atoms with E-state index >= 15 is 0 Å². The first-order chi connectivity index (χ1) is 15.6. The molecule has 0 fully saturated rings. The van der Waals surface area contributed by atoms with Crippen molar-refractivity contribution in [3.05, 3.63) is 90.0 Å². The van der Waals surface area contributed by atoms with E-state index in [0.29, 0.717) is 0 Å². The molecule has 4 aromatic rings. The fourth-order valence-corrected chi connectivity index (χ4v) is 9.65. The molecule has 1 unspecified atom stereocenters. The van der Waals surface area contributed by atoms with Crippen molar-refractivity contribution in [1.82, 2.24) is 9.55 Å². The van der Waals surface area contributed by atoms with Crippen LogP contribution in [-0.4, -0.2) is 23.5 Å². The Morgan fingerprint density at radius 2 is 1.44 bits per heavy atom. The summed E-state index contributed by atoms with van der Waals surface area (Å²) in [6.07, 6.45) is 0. The zero-order valence-electron chi connectivity index (χ0n) is 19.1. The van der Waals surface area contributed by atoms with Gasteiger partial charge in [-0.1, -0.05) is 106 Å². The van der Waals surface area contributed by atoms with Crippen LogP contribution in [0.2, 0.25) is 24.2 Å². The SMILES string of the molecule is CC[Si](CC)(CC)CC1(c2ccccc2)C(=O)n2c(nc3ccccc32)-c2ccccc21. The van der Waals surface area contributed by atoms with Gasteiger partial charge in [0.25, 0.3) is 0 Å². The highest BCUT2D eigenvalue weighted by molar-refractivity contribution is 6.80. The first kappa shape index (κ1) is 20.9. The second-order valence-corrected chi connectivity index (χ2v) is 14.6. The second-order valence-electron chi connectivity index (χ2n) is 9.12. The molecule has 2 heterocycles. The van der Waals surface area contributed by atoms with Crippen LogP contribution in [0.25, 0.3) is 22.4 Å². The Morgan fingerprint density at radius 1 is 0.812 bits per heavy atom. The molecule has 1 aromatic heterocycles. The van der Waals surface area contributed by atoms with Gasteiger partial charge in [0, 0.05) is 5.56 Å². The number of imidazole rings is 1. The fraction of sp³-hybridized carbons (Fsp3) is 0.286. The van der Waals surface area contributed by atoms with E-state index in [1.165, 1.54) is 18.1 Å². The van der Waals surface area contributed by atoms with Crippen molar-refractivity contribution < 1.29 is 4.79 Å². The fourth-order valence-electron chi connectivity index (χ4n) is 5.73. The van der Waals surface area contributed by atoms with Gasteiger partial charge in [0.15, 0.2) is 0 Å².